The first-order valence-corrected chi connectivity index (χ1v) is 5.62. The minimum atomic E-state index is -0.605. The molecular weight excluding hydrogens is 270 g/mol. The number of benzene rings is 1. The second kappa shape index (κ2) is 5.47. The van der Waals surface area contributed by atoms with Crippen LogP contribution in [0.1, 0.15) is 22.3 Å². The zero-order valence-electron chi connectivity index (χ0n) is 7.40. The van der Waals surface area contributed by atoms with Gasteiger partial charge in [0, 0.05) is 27.9 Å². The molecule has 14 heavy (non-hydrogen) atoms. The zero-order valence-corrected chi connectivity index (χ0v) is 9.74. The van der Waals surface area contributed by atoms with Crippen molar-refractivity contribution >= 4 is 33.3 Å². The molecule has 0 aromatic heterocycles. The number of carbonyl (C=O) groups excluding carboxylic acids is 1. The molecule has 0 unspecified atom stereocenters. The van der Waals surface area contributed by atoms with Gasteiger partial charge in [0.2, 0.25) is 0 Å². The molecule has 0 saturated heterocycles. The van der Waals surface area contributed by atoms with Crippen molar-refractivity contribution in [1.29, 1.82) is 0 Å². The van der Waals surface area contributed by atoms with Crippen LogP contribution in [0.25, 0.3) is 0 Å². The SMILES string of the molecule is O=C(CCBr)c1ccc(CF)c(Cl)c1. The van der Waals surface area contributed by atoms with E-state index in [1.807, 2.05) is 0 Å². The van der Waals surface area contributed by atoms with Crippen molar-refractivity contribution < 1.29 is 9.18 Å². The molecule has 0 spiro atoms. The van der Waals surface area contributed by atoms with Crippen LogP contribution >= 0.6 is 27.5 Å². The summed E-state index contributed by atoms with van der Waals surface area (Å²) in [5.74, 6) is 0.00850. The third-order valence-corrected chi connectivity index (χ3v) is 2.59. The predicted molar refractivity (Wildman–Crippen MR) is 59.0 cm³/mol. The Balaban J connectivity index is 2.91. The van der Waals surface area contributed by atoms with Crippen LogP contribution in [-0.4, -0.2) is 11.1 Å². The Hall–Kier alpha value is -0.410. The van der Waals surface area contributed by atoms with Crippen molar-refractivity contribution in [2.45, 2.75) is 13.1 Å². The number of ketones is 1. The molecule has 1 aromatic carbocycles. The standard InChI is InChI=1S/C10H9BrClFO/c11-4-3-10(14)7-1-2-8(6-13)9(12)5-7/h1-2,5H,3-4,6H2. The van der Waals surface area contributed by atoms with Crippen LogP contribution in [0.15, 0.2) is 18.2 Å². The number of rotatable bonds is 4. The Bertz CT molecular complexity index is 341. The van der Waals surface area contributed by atoms with E-state index in [-0.39, 0.29) is 5.78 Å². The van der Waals surface area contributed by atoms with Gasteiger partial charge in [0.15, 0.2) is 5.78 Å². The summed E-state index contributed by atoms with van der Waals surface area (Å²) in [5.41, 5.74) is 0.953. The van der Waals surface area contributed by atoms with E-state index in [0.29, 0.717) is 27.9 Å². The largest absolute Gasteiger partial charge is 0.294 e. The zero-order chi connectivity index (χ0) is 10.6. The predicted octanol–water partition coefficient (Wildman–Crippen LogP) is 3.78. The molecular formula is C10H9BrClFO. The van der Waals surface area contributed by atoms with Crippen LogP contribution in [0.4, 0.5) is 4.39 Å². The fourth-order valence-electron chi connectivity index (χ4n) is 1.06. The van der Waals surface area contributed by atoms with Gasteiger partial charge >= 0.3 is 0 Å². The number of alkyl halides is 2. The van der Waals surface area contributed by atoms with E-state index in [9.17, 15) is 9.18 Å². The van der Waals surface area contributed by atoms with E-state index in [1.54, 1.807) is 12.1 Å². The van der Waals surface area contributed by atoms with Gasteiger partial charge < -0.3 is 0 Å². The lowest BCUT2D eigenvalue weighted by molar-refractivity contribution is 0.0990. The molecule has 0 N–H and O–H groups in total. The minimum Gasteiger partial charge on any atom is -0.294 e. The van der Waals surface area contributed by atoms with Crippen LogP contribution in [0.3, 0.4) is 0 Å². The molecule has 4 heteroatoms. The quantitative estimate of drug-likeness (QED) is 0.605. The van der Waals surface area contributed by atoms with Gasteiger partial charge in [0.05, 0.1) is 0 Å². The van der Waals surface area contributed by atoms with Crippen LogP contribution in [0.2, 0.25) is 5.02 Å². The lowest BCUT2D eigenvalue weighted by Gasteiger charge is -2.02. The van der Waals surface area contributed by atoms with Gasteiger partial charge in [0.1, 0.15) is 6.67 Å². The summed E-state index contributed by atoms with van der Waals surface area (Å²) < 4.78 is 12.3. The Kier molecular flexibility index (Phi) is 4.55. The monoisotopic (exact) mass is 278 g/mol. The fourth-order valence-corrected chi connectivity index (χ4v) is 1.65. The van der Waals surface area contributed by atoms with Gasteiger partial charge in [-0.15, -0.1) is 0 Å². The van der Waals surface area contributed by atoms with E-state index < -0.39 is 6.67 Å². The topological polar surface area (TPSA) is 17.1 Å². The number of hydrogen-bond donors (Lipinski definition) is 0. The number of Topliss-reactive ketones (excluding diaryl/α,β-unsaturated/α-hetero) is 1. The van der Waals surface area contributed by atoms with Crippen molar-refractivity contribution in [2.24, 2.45) is 0 Å². The summed E-state index contributed by atoms with van der Waals surface area (Å²) in [7, 11) is 0. The summed E-state index contributed by atoms with van der Waals surface area (Å²) in [6, 6.07) is 4.66. The van der Waals surface area contributed by atoms with Crippen LogP contribution in [0.5, 0.6) is 0 Å². The Morgan fingerprint density at radius 3 is 2.71 bits per heavy atom. The van der Waals surface area contributed by atoms with Gasteiger partial charge in [-0.05, 0) is 6.07 Å². The van der Waals surface area contributed by atoms with Crippen LogP contribution < -0.4 is 0 Å². The molecule has 0 heterocycles. The van der Waals surface area contributed by atoms with Crippen LogP contribution in [-0.2, 0) is 6.67 Å². The van der Waals surface area contributed by atoms with E-state index in [4.69, 9.17) is 11.6 Å². The van der Waals surface area contributed by atoms with Crippen molar-refractivity contribution in [3.63, 3.8) is 0 Å². The molecule has 0 aliphatic carbocycles. The number of hydrogen-bond acceptors (Lipinski definition) is 1. The van der Waals surface area contributed by atoms with Crippen LogP contribution in [0, 0.1) is 0 Å². The van der Waals surface area contributed by atoms with E-state index in [2.05, 4.69) is 15.9 Å². The first kappa shape index (κ1) is 11.7. The van der Waals surface area contributed by atoms with E-state index in [1.165, 1.54) is 6.07 Å². The Morgan fingerprint density at radius 1 is 1.50 bits per heavy atom. The number of carbonyl (C=O) groups is 1. The van der Waals surface area contributed by atoms with Crippen molar-refractivity contribution in [1.82, 2.24) is 0 Å². The summed E-state index contributed by atoms with van der Waals surface area (Å²) in [5, 5.41) is 0.932. The highest BCUT2D eigenvalue weighted by Gasteiger charge is 2.07. The summed E-state index contributed by atoms with van der Waals surface area (Å²) in [4.78, 5) is 11.4. The molecule has 0 bridgehead atoms. The van der Waals surface area contributed by atoms with Gasteiger partial charge in [-0.1, -0.05) is 39.7 Å². The maximum Gasteiger partial charge on any atom is 0.163 e. The second-order valence-corrected chi connectivity index (χ2v) is 4.00. The molecule has 1 nitrogen and oxygen atoms in total. The first-order valence-electron chi connectivity index (χ1n) is 4.12. The molecule has 0 atom stereocenters. The van der Waals surface area contributed by atoms with E-state index >= 15 is 0 Å². The Morgan fingerprint density at radius 2 is 2.21 bits per heavy atom. The summed E-state index contributed by atoms with van der Waals surface area (Å²) in [6.45, 7) is -0.605. The molecule has 1 aromatic rings. The molecule has 0 fully saturated rings. The Labute approximate surface area is 95.4 Å². The molecule has 0 aliphatic rings. The summed E-state index contributed by atoms with van der Waals surface area (Å²) in [6.07, 6.45) is 0.422. The molecule has 76 valence electrons. The highest BCUT2D eigenvalue weighted by Crippen LogP contribution is 2.19. The van der Waals surface area contributed by atoms with Crippen molar-refractivity contribution in [3.05, 3.63) is 34.3 Å². The average Bonchev–Trinajstić information content (AvgIpc) is 2.18. The van der Waals surface area contributed by atoms with Gasteiger partial charge in [-0.25, -0.2) is 4.39 Å². The average molecular weight is 280 g/mol. The van der Waals surface area contributed by atoms with Gasteiger partial charge in [-0.2, -0.15) is 0 Å². The normalized spacial score (nSPS) is 10.2. The first-order chi connectivity index (χ1) is 6.69. The smallest absolute Gasteiger partial charge is 0.163 e. The summed E-state index contributed by atoms with van der Waals surface area (Å²) >= 11 is 8.95. The maximum absolute atomic E-state index is 12.3. The second-order valence-electron chi connectivity index (χ2n) is 2.80. The molecule has 1 rings (SSSR count). The number of halogens is 3. The van der Waals surface area contributed by atoms with Gasteiger partial charge in [-0.3, -0.25) is 4.79 Å². The minimum absolute atomic E-state index is 0.00850. The highest BCUT2D eigenvalue weighted by atomic mass is 79.9. The van der Waals surface area contributed by atoms with E-state index in [0.717, 1.165) is 0 Å². The van der Waals surface area contributed by atoms with Crippen molar-refractivity contribution in [2.75, 3.05) is 5.33 Å². The van der Waals surface area contributed by atoms with Crippen molar-refractivity contribution in [3.8, 4) is 0 Å². The lowest BCUT2D eigenvalue weighted by atomic mass is 10.1. The molecule has 0 saturated carbocycles. The molecule has 0 radical (unpaired) electrons. The maximum atomic E-state index is 12.3. The third kappa shape index (κ3) is 2.79. The lowest BCUT2D eigenvalue weighted by Crippen LogP contribution is -1.99. The molecule has 0 amide bonds. The fraction of sp³-hybridized carbons (Fsp3) is 0.300. The molecule has 0 aliphatic heterocycles. The third-order valence-electron chi connectivity index (χ3n) is 1.84. The van der Waals surface area contributed by atoms with Gasteiger partial charge in [0.25, 0.3) is 0 Å². The highest BCUT2D eigenvalue weighted by molar-refractivity contribution is 9.09.